The summed E-state index contributed by atoms with van der Waals surface area (Å²) < 4.78 is 5.35. The van der Waals surface area contributed by atoms with Crippen molar-refractivity contribution < 1.29 is 14.3 Å². The van der Waals surface area contributed by atoms with E-state index in [1.165, 1.54) is 6.42 Å². The summed E-state index contributed by atoms with van der Waals surface area (Å²) in [4.78, 5) is 31.3. The number of hydrazine groups is 1. The fourth-order valence-electron chi connectivity index (χ4n) is 3.05. The summed E-state index contributed by atoms with van der Waals surface area (Å²) in [6.07, 6.45) is 5.06. The van der Waals surface area contributed by atoms with Crippen molar-refractivity contribution >= 4 is 17.6 Å². The number of hydrogen-bond acceptors (Lipinski definition) is 5. The Morgan fingerprint density at radius 2 is 1.74 bits per heavy atom. The highest BCUT2D eigenvalue weighted by Gasteiger charge is 2.20. The third-order valence-corrected chi connectivity index (χ3v) is 4.40. The van der Waals surface area contributed by atoms with Gasteiger partial charge in [0.1, 0.15) is 11.6 Å². The van der Waals surface area contributed by atoms with Gasteiger partial charge in [-0.2, -0.15) is 0 Å². The van der Waals surface area contributed by atoms with Crippen molar-refractivity contribution in [1.29, 1.82) is 0 Å². The molecule has 1 aromatic carbocycles. The minimum Gasteiger partial charge on any atom is -0.494 e. The van der Waals surface area contributed by atoms with E-state index in [-0.39, 0.29) is 5.91 Å². The number of anilines is 1. The number of carbonyl (C=O) groups excluding carboxylic acids is 2. The predicted octanol–water partition coefficient (Wildman–Crippen LogP) is 2.55. The lowest BCUT2D eigenvalue weighted by Gasteiger charge is -2.29. The van der Waals surface area contributed by atoms with Gasteiger partial charge in [-0.15, -0.1) is 0 Å². The Hall–Kier alpha value is -3.09. The predicted molar refractivity (Wildman–Crippen MR) is 103 cm³/mol. The van der Waals surface area contributed by atoms with Crippen LogP contribution < -0.4 is 20.5 Å². The lowest BCUT2D eigenvalue weighted by molar-refractivity contribution is 0.0846. The molecule has 2 N–H and O–H groups in total. The van der Waals surface area contributed by atoms with Gasteiger partial charge in [0.2, 0.25) is 0 Å². The third-order valence-electron chi connectivity index (χ3n) is 4.40. The van der Waals surface area contributed by atoms with Crippen LogP contribution in [0.3, 0.4) is 0 Å². The summed E-state index contributed by atoms with van der Waals surface area (Å²) in [5.74, 6) is 0.572. The first-order chi connectivity index (χ1) is 13.2. The fraction of sp³-hybridized carbons (Fsp3) is 0.350. The van der Waals surface area contributed by atoms with Crippen molar-refractivity contribution in [1.82, 2.24) is 15.8 Å². The number of ether oxygens (including phenoxy) is 1. The molecule has 1 aromatic heterocycles. The van der Waals surface area contributed by atoms with E-state index in [1.807, 2.05) is 6.92 Å². The molecular weight excluding hydrogens is 344 g/mol. The maximum Gasteiger partial charge on any atom is 0.273 e. The number of benzene rings is 1. The summed E-state index contributed by atoms with van der Waals surface area (Å²) in [6.45, 7) is 4.23. The Bertz CT molecular complexity index is 786. The molecule has 1 saturated heterocycles. The van der Waals surface area contributed by atoms with Gasteiger partial charge in [0.25, 0.3) is 11.8 Å². The van der Waals surface area contributed by atoms with Gasteiger partial charge >= 0.3 is 0 Å². The van der Waals surface area contributed by atoms with Crippen molar-refractivity contribution in [3.8, 4) is 5.75 Å². The smallest absolute Gasteiger partial charge is 0.273 e. The maximum absolute atomic E-state index is 12.6. The number of nitrogens with zero attached hydrogens (tertiary/aromatic N) is 2. The molecule has 0 aliphatic carbocycles. The van der Waals surface area contributed by atoms with E-state index < -0.39 is 5.91 Å². The molecule has 0 unspecified atom stereocenters. The Kier molecular flexibility index (Phi) is 6.25. The minimum absolute atomic E-state index is 0.386. The molecular formula is C20H24N4O3. The van der Waals surface area contributed by atoms with Crippen molar-refractivity contribution in [2.75, 3.05) is 24.6 Å². The second-order valence-corrected chi connectivity index (χ2v) is 6.29. The number of amides is 2. The van der Waals surface area contributed by atoms with Crippen LogP contribution >= 0.6 is 0 Å². The van der Waals surface area contributed by atoms with Gasteiger partial charge < -0.3 is 9.64 Å². The molecule has 3 rings (SSSR count). The number of nitrogens with one attached hydrogen (secondary N) is 2. The molecule has 0 radical (unpaired) electrons. The Morgan fingerprint density at radius 1 is 1.04 bits per heavy atom. The van der Waals surface area contributed by atoms with Gasteiger partial charge in [-0.3, -0.25) is 20.4 Å². The van der Waals surface area contributed by atoms with E-state index in [9.17, 15) is 9.59 Å². The van der Waals surface area contributed by atoms with Crippen LogP contribution in [0.25, 0.3) is 0 Å². The van der Waals surface area contributed by atoms with Gasteiger partial charge in [0.05, 0.1) is 12.2 Å². The number of aromatic nitrogens is 1. The molecule has 0 spiro atoms. The number of piperidine rings is 1. The lowest BCUT2D eigenvalue weighted by Crippen LogP contribution is -2.42. The van der Waals surface area contributed by atoms with E-state index >= 15 is 0 Å². The molecule has 1 aliphatic heterocycles. The zero-order chi connectivity index (χ0) is 19.1. The van der Waals surface area contributed by atoms with E-state index in [1.54, 1.807) is 42.6 Å². The Labute approximate surface area is 158 Å². The molecule has 1 fully saturated rings. The average Bonchev–Trinajstić information content (AvgIpc) is 2.73. The second-order valence-electron chi connectivity index (χ2n) is 6.29. The molecule has 0 saturated carbocycles. The summed E-state index contributed by atoms with van der Waals surface area (Å²) in [5.41, 5.74) is 5.82. The van der Waals surface area contributed by atoms with E-state index in [0.29, 0.717) is 29.3 Å². The van der Waals surface area contributed by atoms with Crippen LogP contribution in [0.2, 0.25) is 0 Å². The highest BCUT2D eigenvalue weighted by molar-refractivity contribution is 6.01. The van der Waals surface area contributed by atoms with Gasteiger partial charge in [-0.1, -0.05) is 0 Å². The number of carbonyl (C=O) groups is 2. The minimum atomic E-state index is -0.394. The van der Waals surface area contributed by atoms with Crippen LogP contribution in [0, 0.1) is 0 Å². The SMILES string of the molecule is CCOc1ccc(C(=O)NNC(=O)c2cccnc2N2CCCCC2)cc1. The van der Waals surface area contributed by atoms with Gasteiger partial charge in [-0.25, -0.2) is 4.98 Å². The summed E-state index contributed by atoms with van der Waals surface area (Å²) >= 11 is 0. The zero-order valence-electron chi connectivity index (χ0n) is 15.4. The summed E-state index contributed by atoms with van der Waals surface area (Å²) in [5, 5.41) is 0. The molecule has 142 valence electrons. The quantitative estimate of drug-likeness (QED) is 0.793. The van der Waals surface area contributed by atoms with Crippen LogP contribution in [0.4, 0.5) is 5.82 Å². The third kappa shape index (κ3) is 4.75. The second kappa shape index (κ2) is 9.02. The molecule has 0 atom stereocenters. The number of hydrogen-bond donors (Lipinski definition) is 2. The standard InChI is InChI=1S/C20H24N4O3/c1-2-27-16-10-8-15(9-11-16)19(25)22-23-20(26)17-7-6-12-21-18(17)24-13-4-3-5-14-24/h6-12H,2-5,13-14H2,1H3,(H,22,25)(H,23,26). The van der Waals surface area contributed by atoms with E-state index in [2.05, 4.69) is 20.7 Å². The van der Waals surface area contributed by atoms with Crippen LogP contribution in [0.15, 0.2) is 42.6 Å². The summed E-state index contributed by atoms with van der Waals surface area (Å²) in [6, 6.07) is 10.2. The maximum atomic E-state index is 12.6. The first-order valence-electron chi connectivity index (χ1n) is 9.22. The monoisotopic (exact) mass is 368 g/mol. The number of pyridine rings is 1. The molecule has 2 aromatic rings. The lowest BCUT2D eigenvalue weighted by atomic mass is 10.1. The first kappa shape index (κ1) is 18.7. The van der Waals surface area contributed by atoms with Crippen LogP contribution in [-0.4, -0.2) is 36.5 Å². The van der Waals surface area contributed by atoms with Crippen molar-refractivity contribution in [2.24, 2.45) is 0 Å². The fourth-order valence-corrected chi connectivity index (χ4v) is 3.05. The molecule has 1 aliphatic rings. The van der Waals surface area contributed by atoms with E-state index in [0.717, 1.165) is 25.9 Å². The topological polar surface area (TPSA) is 83.6 Å². The molecule has 7 nitrogen and oxygen atoms in total. The van der Waals surface area contributed by atoms with Gasteiger partial charge in [0, 0.05) is 24.8 Å². The zero-order valence-corrected chi connectivity index (χ0v) is 15.4. The first-order valence-corrected chi connectivity index (χ1v) is 9.22. The van der Waals surface area contributed by atoms with Gasteiger partial charge in [-0.05, 0) is 62.6 Å². The Balaban J connectivity index is 1.63. The molecule has 0 bridgehead atoms. The average molecular weight is 368 g/mol. The van der Waals surface area contributed by atoms with Crippen LogP contribution in [0.1, 0.15) is 46.9 Å². The largest absolute Gasteiger partial charge is 0.494 e. The highest BCUT2D eigenvalue weighted by Crippen LogP contribution is 2.21. The molecule has 27 heavy (non-hydrogen) atoms. The van der Waals surface area contributed by atoms with Gasteiger partial charge in [0.15, 0.2) is 0 Å². The normalized spacial score (nSPS) is 13.7. The van der Waals surface area contributed by atoms with Crippen LogP contribution in [0.5, 0.6) is 5.75 Å². The molecule has 2 amide bonds. The highest BCUT2D eigenvalue weighted by atomic mass is 16.5. The molecule has 7 heteroatoms. The van der Waals surface area contributed by atoms with Crippen molar-refractivity contribution in [3.05, 3.63) is 53.7 Å². The van der Waals surface area contributed by atoms with Crippen LogP contribution in [-0.2, 0) is 0 Å². The molecule has 2 heterocycles. The van der Waals surface area contributed by atoms with Crippen molar-refractivity contribution in [2.45, 2.75) is 26.2 Å². The number of rotatable bonds is 5. The summed E-state index contributed by atoms with van der Waals surface area (Å²) in [7, 11) is 0. The van der Waals surface area contributed by atoms with Crippen molar-refractivity contribution in [3.63, 3.8) is 0 Å². The Morgan fingerprint density at radius 3 is 2.44 bits per heavy atom. The van der Waals surface area contributed by atoms with E-state index in [4.69, 9.17) is 4.74 Å².